The molecule has 4 aromatic rings. The normalized spacial score (nSPS) is 10.8. The molecule has 0 unspecified atom stereocenters. The molecule has 0 atom stereocenters. The second-order valence-corrected chi connectivity index (χ2v) is 7.12. The topological polar surface area (TPSA) is 108 Å². The molecule has 1 N–H and O–H groups in total. The van der Waals surface area contributed by atoms with E-state index < -0.39 is 10.8 Å². The lowest BCUT2D eigenvalue weighted by atomic mass is 10.1. The van der Waals surface area contributed by atoms with Gasteiger partial charge in [0.2, 0.25) is 5.89 Å². The highest BCUT2D eigenvalue weighted by molar-refractivity contribution is 6.05. The fraction of sp³-hybridized carbons (Fsp3) is 0.130. The number of anilines is 1. The Labute approximate surface area is 177 Å². The molecule has 0 aliphatic carbocycles. The number of ether oxygens (including phenoxy) is 1. The van der Waals surface area contributed by atoms with Gasteiger partial charge in [-0.1, -0.05) is 12.1 Å². The van der Waals surface area contributed by atoms with Crippen molar-refractivity contribution in [2.75, 3.05) is 12.4 Å². The molecule has 156 valence electrons. The molecule has 8 nitrogen and oxygen atoms in total. The van der Waals surface area contributed by atoms with E-state index in [2.05, 4.69) is 10.3 Å². The van der Waals surface area contributed by atoms with Gasteiger partial charge in [0.1, 0.15) is 5.52 Å². The van der Waals surface area contributed by atoms with Gasteiger partial charge in [0, 0.05) is 22.9 Å². The lowest BCUT2D eigenvalue weighted by molar-refractivity contribution is -0.385. The molecule has 0 bridgehead atoms. The quantitative estimate of drug-likeness (QED) is 0.350. The Morgan fingerprint density at radius 2 is 1.90 bits per heavy atom. The van der Waals surface area contributed by atoms with Crippen LogP contribution in [0.3, 0.4) is 0 Å². The molecule has 31 heavy (non-hydrogen) atoms. The lowest BCUT2D eigenvalue weighted by Crippen LogP contribution is -2.13. The number of aryl methyl sites for hydroxylation is 2. The van der Waals surface area contributed by atoms with Crippen molar-refractivity contribution in [3.63, 3.8) is 0 Å². The van der Waals surface area contributed by atoms with Crippen LogP contribution >= 0.6 is 0 Å². The molecule has 0 fully saturated rings. The van der Waals surface area contributed by atoms with Crippen molar-refractivity contribution in [2.45, 2.75) is 13.8 Å². The number of carbonyl (C=O) groups is 1. The van der Waals surface area contributed by atoms with Crippen LogP contribution in [-0.2, 0) is 0 Å². The minimum absolute atomic E-state index is 0.0888. The highest BCUT2D eigenvalue weighted by Crippen LogP contribution is 2.30. The van der Waals surface area contributed by atoms with E-state index in [0.29, 0.717) is 22.7 Å². The second kappa shape index (κ2) is 7.91. The number of methoxy groups -OCH3 is 1. The van der Waals surface area contributed by atoms with E-state index in [1.165, 1.54) is 25.3 Å². The highest BCUT2D eigenvalue weighted by atomic mass is 16.6. The summed E-state index contributed by atoms with van der Waals surface area (Å²) < 4.78 is 10.8. The lowest BCUT2D eigenvalue weighted by Gasteiger charge is -2.10. The Bertz CT molecular complexity index is 1330. The molecule has 1 amide bonds. The third kappa shape index (κ3) is 3.95. The number of rotatable bonds is 5. The summed E-state index contributed by atoms with van der Waals surface area (Å²) in [6, 6.07) is 15.3. The van der Waals surface area contributed by atoms with Crippen molar-refractivity contribution >= 4 is 28.4 Å². The van der Waals surface area contributed by atoms with Crippen LogP contribution in [0.1, 0.15) is 21.5 Å². The number of nitro groups is 1. The zero-order chi connectivity index (χ0) is 22.1. The average Bonchev–Trinajstić information content (AvgIpc) is 3.17. The zero-order valence-electron chi connectivity index (χ0n) is 17.1. The third-order valence-corrected chi connectivity index (χ3v) is 4.91. The van der Waals surface area contributed by atoms with E-state index in [9.17, 15) is 14.9 Å². The van der Waals surface area contributed by atoms with Gasteiger partial charge in [-0.25, -0.2) is 4.98 Å². The van der Waals surface area contributed by atoms with Gasteiger partial charge >= 0.3 is 5.69 Å². The van der Waals surface area contributed by atoms with Gasteiger partial charge in [0.05, 0.1) is 12.0 Å². The van der Waals surface area contributed by atoms with Crippen molar-refractivity contribution in [3.05, 3.63) is 81.4 Å². The molecule has 0 aliphatic rings. The minimum Gasteiger partial charge on any atom is -0.490 e. The Kier molecular flexibility index (Phi) is 5.12. The Hall–Kier alpha value is -4.20. The molecular weight excluding hydrogens is 398 g/mol. The molecule has 1 aromatic heterocycles. The first-order chi connectivity index (χ1) is 14.9. The maximum Gasteiger partial charge on any atom is 0.311 e. The third-order valence-electron chi connectivity index (χ3n) is 4.91. The van der Waals surface area contributed by atoms with E-state index in [-0.39, 0.29) is 17.0 Å². The molecule has 1 heterocycles. The molecule has 3 aromatic carbocycles. The fourth-order valence-corrected chi connectivity index (χ4v) is 3.22. The van der Waals surface area contributed by atoms with Crippen LogP contribution in [0.15, 0.2) is 59.0 Å². The number of nitrogens with zero attached hydrogens (tertiary/aromatic N) is 2. The number of benzene rings is 3. The number of carbonyl (C=O) groups excluding carboxylic acids is 1. The van der Waals surface area contributed by atoms with Gasteiger partial charge in [0.25, 0.3) is 5.91 Å². The first-order valence-electron chi connectivity index (χ1n) is 9.47. The molecule has 8 heteroatoms. The van der Waals surface area contributed by atoms with Crippen molar-refractivity contribution in [1.82, 2.24) is 4.98 Å². The van der Waals surface area contributed by atoms with Crippen LogP contribution in [0.25, 0.3) is 22.6 Å². The van der Waals surface area contributed by atoms with Crippen molar-refractivity contribution in [2.24, 2.45) is 0 Å². The smallest absolute Gasteiger partial charge is 0.311 e. The summed E-state index contributed by atoms with van der Waals surface area (Å²) in [6.45, 7) is 3.84. The number of oxazole rings is 1. The van der Waals surface area contributed by atoms with E-state index in [1.807, 2.05) is 44.2 Å². The molecule has 0 radical (unpaired) electrons. The van der Waals surface area contributed by atoms with Gasteiger partial charge < -0.3 is 14.5 Å². The maximum absolute atomic E-state index is 12.8. The highest BCUT2D eigenvalue weighted by Gasteiger charge is 2.19. The van der Waals surface area contributed by atoms with Gasteiger partial charge in [-0.2, -0.15) is 0 Å². The number of nitrogens with one attached hydrogen (secondary N) is 1. The summed E-state index contributed by atoms with van der Waals surface area (Å²) in [7, 11) is 1.34. The number of nitro benzene ring substituents is 1. The SMILES string of the molecule is COc1ccc(C(=O)Nc2cc(-c3nc4cc(C)ccc4o3)ccc2C)cc1[N+](=O)[O-]. The standard InChI is InChI=1S/C23H19N3O5/c1-13-4-8-20-18(10-13)25-23(31-20)16-6-5-14(2)17(11-16)24-22(27)15-7-9-21(30-3)19(12-15)26(28)29/h4-12H,1-3H3,(H,24,27). The molecule has 0 spiro atoms. The number of amides is 1. The van der Waals surface area contributed by atoms with Gasteiger partial charge in [-0.05, 0) is 61.4 Å². The van der Waals surface area contributed by atoms with E-state index in [4.69, 9.17) is 9.15 Å². The Morgan fingerprint density at radius 3 is 2.65 bits per heavy atom. The minimum atomic E-state index is -0.587. The van der Waals surface area contributed by atoms with E-state index in [1.54, 1.807) is 6.07 Å². The number of hydrogen-bond donors (Lipinski definition) is 1. The Balaban J connectivity index is 1.65. The van der Waals surface area contributed by atoms with Crippen LogP contribution in [-0.4, -0.2) is 22.9 Å². The van der Waals surface area contributed by atoms with Crippen LogP contribution in [0.4, 0.5) is 11.4 Å². The summed E-state index contributed by atoms with van der Waals surface area (Å²) >= 11 is 0. The van der Waals surface area contributed by atoms with Gasteiger partial charge in [-0.15, -0.1) is 0 Å². The number of hydrogen-bond acceptors (Lipinski definition) is 6. The first kappa shape index (κ1) is 20.1. The molecule has 0 saturated heterocycles. The van der Waals surface area contributed by atoms with E-state index in [0.717, 1.165) is 16.6 Å². The Morgan fingerprint density at radius 1 is 1.10 bits per heavy atom. The summed E-state index contributed by atoms with van der Waals surface area (Å²) in [5.41, 5.74) is 4.47. The summed E-state index contributed by atoms with van der Waals surface area (Å²) in [5.74, 6) is 0.0568. The molecule has 4 rings (SSSR count). The first-order valence-corrected chi connectivity index (χ1v) is 9.47. The summed E-state index contributed by atoms with van der Waals surface area (Å²) in [4.78, 5) is 27.9. The van der Waals surface area contributed by atoms with E-state index >= 15 is 0 Å². The van der Waals surface area contributed by atoms with Crippen molar-refractivity contribution < 1.29 is 18.9 Å². The molecule has 0 saturated carbocycles. The zero-order valence-corrected chi connectivity index (χ0v) is 17.1. The monoisotopic (exact) mass is 417 g/mol. The van der Waals surface area contributed by atoms with Crippen molar-refractivity contribution in [3.8, 4) is 17.2 Å². The van der Waals surface area contributed by atoms with Crippen LogP contribution < -0.4 is 10.1 Å². The number of fused-ring (bicyclic) bond motifs is 1. The average molecular weight is 417 g/mol. The fourth-order valence-electron chi connectivity index (χ4n) is 3.22. The summed E-state index contributed by atoms with van der Waals surface area (Å²) in [6.07, 6.45) is 0. The second-order valence-electron chi connectivity index (χ2n) is 7.12. The largest absolute Gasteiger partial charge is 0.490 e. The maximum atomic E-state index is 12.8. The van der Waals surface area contributed by atoms with Crippen LogP contribution in [0, 0.1) is 24.0 Å². The summed E-state index contributed by atoms with van der Waals surface area (Å²) in [5, 5.41) is 14.1. The predicted molar refractivity (Wildman–Crippen MR) is 117 cm³/mol. The van der Waals surface area contributed by atoms with Crippen LogP contribution in [0.5, 0.6) is 5.75 Å². The van der Waals surface area contributed by atoms with Crippen molar-refractivity contribution in [1.29, 1.82) is 0 Å². The van der Waals surface area contributed by atoms with Crippen LogP contribution in [0.2, 0.25) is 0 Å². The predicted octanol–water partition coefficient (Wildman–Crippen LogP) is 5.28. The van der Waals surface area contributed by atoms with Gasteiger partial charge in [0.15, 0.2) is 11.3 Å². The molecule has 0 aliphatic heterocycles. The van der Waals surface area contributed by atoms with Gasteiger partial charge in [-0.3, -0.25) is 14.9 Å². The number of aromatic nitrogens is 1. The molecular formula is C23H19N3O5.